The molecule has 1 aromatic rings. The molecule has 2 atom stereocenters. The average molecular weight is 304 g/mol. The van der Waals surface area contributed by atoms with Crippen molar-refractivity contribution >= 4 is 5.91 Å². The van der Waals surface area contributed by atoms with E-state index in [2.05, 4.69) is 24.1 Å². The lowest BCUT2D eigenvalue weighted by atomic mass is 9.99. The van der Waals surface area contributed by atoms with E-state index in [1.807, 2.05) is 24.3 Å². The Morgan fingerprint density at radius 1 is 1.50 bits per heavy atom. The number of amides is 1. The molecule has 122 valence electrons. The standard InChI is InChI=1S/C18H28N2O2/c1-14-6-5-9-20(13-14)15(2)12-19-18(21)11-16-7-4-8-17(10-16)22-3/h4,7-8,10,14-15H,5-6,9,11-13H2,1-3H3,(H,19,21)/t14-,15+/m0/s1. The molecule has 1 aliphatic rings. The van der Waals surface area contributed by atoms with Gasteiger partial charge in [-0.1, -0.05) is 19.1 Å². The maximum Gasteiger partial charge on any atom is 0.224 e. The van der Waals surface area contributed by atoms with Gasteiger partial charge in [0, 0.05) is 19.1 Å². The third kappa shape index (κ3) is 5.02. The zero-order valence-corrected chi connectivity index (χ0v) is 14.0. The normalized spacial score (nSPS) is 20.4. The molecule has 0 aliphatic carbocycles. The minimum Gasteiger partial charge on any atom is -0.497 e. The number of methoxy groups -OCH3 is 1. The van der Waals surface area contributed by atoms with Crippen LogP contribution in [0, 0.1) is 5.92 Å². The fourth-order valence-electron chi connectivity index (χ4n) is 3.05. The minimum atomic E-state index is 0.0742. The number of hydrogen-bond acceptors (Lipinski definition) is 3. The Morgan fingerprint density at radius 2 is 2.32 bits per heavy atom. The molecular weight excluding hydrogens is 276 g/mol. The van der Waals surface area contributed by atoms with Crippen molar-refractivity contribution in [2.24, 2.45) is 5.92 Å². The van der Waals surface area contributed by atoms with E-state index in [1.165, 1.54) is 12.8 Å². The molecule has 1 aromatic carbocycles. The van der Waals surface area contributed by atoms with Gasteiger partial charge in [0.1, 0.15) is 5.75 Å². The van der Waals surface area contributed by atoms with E-state index in [4.69, 9.17) is 4.74 Å². The molecule has 1 heterocycles. The molecule has 0 bridgehead atoms. The molecule has 0 saturated carbocycles. The second kappa shape index (κ2) is 8.18. The van der Waals surface area contributed by atoms with Gasteiger partial charge in [0.15, 0.2) is 0 Å². The third-order valence-electron chi connectivity index (χ3n) is 4.41. The van der Waals surface area contributed by atoms with Crippen LogP contribution in [0.4, 0.5) is 0 Å². The van der Waals surface area contributed by atoms with E-state index < -0.39 is 0 Å². The third-order valence-corrected chi connectivity index (χ3v) is 4.41. The van der Waals surface area contributed by atoms with Crippen molar-refractivity contribution < 1.29 is 9.53 Å². The monoisotopic (exact) mass is 304 g/mol. The van der Waals surface area contributed by atoms with Gasteiger partial charge < -0.3 is 10.1 Å². The molecular formula is C18H28N2O2. The average Bonchev–Trinajstić information content (AvgIpc) is 2.52. The predicted molar refractivity (Wildman–Crippen MR) is 89.1 cm³/mol. The molecule has 0 aromatic heterocycles. The van der Waals surface area contributed by atoms with E-state index in [0.717, 1.165) is 36.9 Å². The van der Waals surface area contributed by atoms with Crippen molar-refractivity contribution in [1.29, 1.82) is 0 Å². The smallest absolute Gasteiger partial charge is 0.224 e. The van der Waals surface area contributed by atoms with Crippen LogP contribution >= 0.6 is 0 Å². The van der Waals surface area contributed by atoms with Gasteiger partial charge in [-0.15, -0.1) is 0 Å². The van der Waals surface area contributed by atoms with Gasteiger partial charge in [0.2, 0.25) is 5.91 Å². The summed E-state index contributed by atoms with van der Waals surface area (Å²) in [5.41, 5.74) is 0.982. The molecule has 1 fully saturated rings. The van der Waals surface area contributed by atoms with Crippen LogP contribution in [-0.2, 0) is 11.2 Å². The second-order valence-electron chi connectivity index (χ2n) is 6.42. The number of ether oxygens (including phenoxy) is 1. The number of rotatable bonds is 6. The highest BCUT2D eigenvalue weighted by molar-refractivity contribution is 5.78. The molecule has 2 rings (SSSR count). The summed E-state index contributed by atoms with van der Waals surface area (Å²) in [6, 6.07) is 8.07. The number of likely N-dealkylation sites (tertiary alicyclic amines) is 1. The van der Waals surface area contributed by atoms with Gasteiger partial charge in [-0.05, 0) is 49.9 Å². The Kier molecular flexibility index (Phi) is 6.25. The first-order chi connectivity index (χ1) is 10.6. The molecule has 1 N–H and O–H groups in total. The second-order valence-corrected chi connectivity index (χ2v) is 6.42. The lowest BCUT2D eigenvalue weighted by Crippen LogP contribution is -2.46. The summed E-state index contributed by atoms with van der Waals surface area (Å²) in [6.07, 6.45) is 3.00. The van der Waals surface area contributed by atoms with Crippen LogP contribution in [0.1, 0.15) is 32.3 Å². The van der Waals surface area contributed by atoms with Gasteiger partial charge in [0.05, 0.1) is 13.5 Å². The highest BCUT2D eigenvalue weighted by atomic mass is 16.5. The first-order valence-electron chi connectivity index (χ1n) is 8.22. The van der Waals surface area contributed by atoms with E-state index in [-0.39, 0.29) is 5.91 Å². The topological polar surface area (TPSA) is 41.6 Å². The summed E-state index contributed by atoms with van der Waals surface area (Å²) in [7, 11) is 1.64. The molecule has 0 radical (unpaired) electrons. The molecule has 1 aliphatic heterocycles. The summed E-state index contributed by atoms with van der Waals surface area (Å²) < 4.78 is 5.19. The van der Waals surface area contributed by atoms with E-state index >= 15 is 0 Å². The van der Waals surface area contributed by atoms with Crippen molar-refractivity contribution in [2.75, 3.05) is 26.7 Å². The van der Waals surface area contributed by atoms with Crippen LogP contribution in [0.15, 0.2) is 24.3 Å². The number of carbonyl (C=O) groups is 1. The van der Waals surface area contributed by atoms with Gasteiger partial charge in [0.25, 0.3) is 0 Å². The van der Waals surface area contributed by atoms with Crippen molar-refractivity contribution in [3.8, 4) is 5.75 Å². The van der Waals surface area contributed by atoms with Crippen LogP contribution in [0.2, 0.25) is 0 Å². The van der Waals surface area contributed by atoms with Gasteiger partial charge >= 0.3 is 0 Å². The summed E-state index contributed by atoms with van der Waals surface area (Å²) in [4.78, 5) is 14.6. The number of benzene rings is 1. The van der Waals surface area contributed by atoms with Crippen LogP contribution in [0.25, 0.3) is 0 Å². The van der Waals surface area contributed by atoms with Crippen LogP contribution in [0.3, 0.4) is 0 Å². The summed E-state index contributed by atoms with van der Waals surface area (Å²) in [5, 5.41) is 3.06. The van der Waals surface area contributed by atoms with Gasteiger partial charge in [-0.25, -0.2) is 0 Å². The van der Waals surface area contributed by atoms with Crippen LogP contribution in [0.5, 0.6) is 5.75 Å². The van der Waals surface area contributed by atoms with Gasteiger partial charge in [-0.3, -0.25) is 9.69 Å². The highest BCUT2D eigenvalue weighted by Crippen LogP contribution is 2.17. The van der Waals surface area contributed by atoms with Crippen molar-refractivity contribution in [2.45, 2.75) is 39.2 Å². The number of nitrogens with one attached hydrogen (secondary N) is 1. The van der Waals surface area contributed by atoms with Crippen LogP contribution < -0.4 is 10.1 Å². The van der Waals surface area contributed by atoms with Crippen LogP contribution in [-0.4, -0.2) is 43.6 Å². The Labute approximate surface area is 133 Å². The summed E-state index contributed by atoms with van der Waals surface area (Å²) in [5.74, 6) is 1.63. The fourth-order valence-corrected chi connectivity index (χ4v) is 3.05. The number of nitrogens with zero attached hydrogens (tertiary/aromatic N) is 1. The lowest BCUT2D eigenvalue weighted by molar-refractivity contribution is -0.120. The minimum absolute atomic E-state index is 0.0742. The Bertz CT molecular complexity index is 490. The predicted octanol–water partition coefficient (Wildman–Crippen LogP) is 2.47. The maximum atomic E-state index is 12.1. The summed E-state index contributed by atoms with van der Waals surface area (Å²) >= 11 is 0. The Hall–Kier alpha value is -1.55. The molecule has 0 spiro atoms. The number of carbonyl (C=O) groups excluding carboxylic acids is 1. The lowest BCUT2D eigenvalue weighted by Gasteiger charge is -2.35. The van der Waals surface area contributed by atoms with Crippen molar-refractivity contribution in [3.05, 3.63) is 29.8 Å². The zero-order valence-electron chi connectivity index (χ0n) is 14.0. The largest absolute Gasteiger partial charge is 0.497 e. The fraction of sp³-hybridized carbons (Fsp3) is 0.611. The van der Waals surface area contributed by atoms with Crippen molar-refractivity contribution in [1.82, 2.24) is 10.2 Å². The van der Waals surface area contributed by atoms with E-state index in [1.54, 1.807) is 7.11 Å². The summed E-state index contributed by atoms with van der Waals surface area (Å²) in [6.45, 7) is 7.52. The molecule has 0 unspecified atom stereocenters. The molecule has 1 saturated heterocycles. The van der Waals surface area contributed by atoms with Gasteiger partial charge in [-0.2, -0.15) is 0 Å². The molecule has 4 heteroatoms. The molecule has 1 amide bonds. The number of hydrogen-bond donors (Lipinski definition) is 1. The highest BCUT2D eigenvalue weighted by Gasteiger charge is 2.21. The quantitative estimate of drug-likeness (QED) is 0.878. The van der Waals surface area contributed by atoms with E-state index in [9.17, 15) is 4.79 Å². The van der Waals surface area contributed by atoms with E-state index in [0.29, 0.717) is 12.5 Å². The SMILES string of the molecule is COc1cccc(CC(=O)NC[C@@H](C)N2CCC[C@H](C)C2)c1. The Balaban J connectivity index is 1.77. The molecule has 4 nitrogen and oxygen atoms in total. The first kappa shape index (κ1) is 16.8. The zero-order chi connectivity index (χ0) is 15.9. The first-order valence-corrected chi connectivity index (χ1v) is 8.22. The molecule has 22 heavy (non-hydrogen) atoms. The maximum absolute atomic E-state index is 12.1. The van der Waals surface area contributed by atoms with Crippen molar-refractivity contribution in [3.63, 3.8) is 0 Å². The Morgan fingerprint density at radius 3 is 3.05 bits per heavy atom. The number of piperidine rings is 1.